The van der Waals surface area contributed by atoms with E-state index in [9.17, 15) is 4.79 Å². The van der Waals surface area contributed by atoms with Gasteiger partial charge in [0.2, 0.25) is 0 Å². The van der Waals surface area contributed by atoms with Gasteiger partial charge in [0.15, 0.2) is 5.78 Å². The minimum Gasteiger partial charge on any atom is -0.294 e. The molecular formula is C30H22O. The Hall–Kier alpha value is -3.97. The average molecular weight is 399 g/mol. The zero-order chi connectivity index (χ0) is 21.0. The Morgan fingerprint density at radius 1 is 0.452 bits per heavy atom. The summed E-state index contributed by atoms with van der Waals surface area (Å²) in [5.74, 6) is 0.196. The third kappa shape index (κ3) is 3.67. The number of hydrogen-bond donors (Lipinski definition) is 0. The monoisotopic (exact) mass is 398 g/mol. The van der Waals surface area contributed by atoms with E-state index < -0.39 is 0 Å². The van der Waals surface area contributed by atoms with Crippen LogP contribution in [0.5, 0.6) is 0 Å². The molecule has 1 nitrogen and oxygen atoms in total. The molecular weight excluding hydrogens is 376 g/mol. The van der Waals surface area contributed by atoms with Crippen LogP contribution in [-0.4, -0.2) is 5.78 Å². The fourth-order valence-electron chi connectivity index (χ4n) is 4.29. The number of Topliss-reactive ketones (excluding diaryl/α,β-unsaturated/α-hetero) is 1. The van der Waals surface area contributed by atoms with E-state index in [1.54, 1.807) is 0 Å². The molecule has 1 heteroatoms. The maximum atomic E-state index is 13.1. The van der Waals surface area contributed by atoms with Crippen molar-refractivity contribution in [3.05, 3.63) is 155 Å². The molecule has 5 rings (SSSR count). The van der Waals surface area contributed by atoms with Gasteiger partial charge in [-0.05, 0) is 33.4 Å². The minimum absolute atomic E-state index is 0.196. The molecule has 0 amide bonds. The Balaban J connectivity index is 1.83. The summed E-state index contributed by atoms with van der Waals surface area (Å²) in [7, 11) is 0. The third-order valence-corrected chi connectivity index (χ3v) is 5.72. The maximum Gasteiger partial charge on any atom is 0.168 e. The van der Waals surface area contributed by atoms with Crippen LogP contribution in [0.15, 0.2) is 132 Å². The van der Waals surface area contributed by atoms with Crippen LogP contribution in [0.1, 0.15) is 28.7 Å². The number of ketones is 1. The molecule has 0 unspecified atom stereocenters. The first-order valence-corrected chi connectivity index (χ1v) is 10.6. The summed E-state index contributed by atoms with van der Waals surface area (Å²) in [4.78, 5) is 13.1. The lowest BCUT2D eigenvalue weighted by Gasteiger charge is -2.29. The van der Waals surface area contributed by atoms with E-state index in [0.29, 0.717) is 6.42 Å². The molecule has 1 aliphatic rings. The van der Waals surface area contributed by atoms with Gasteiger partial charge in [-0.15, -0.1) is 0 Å². The van der Waals surface area contributed by atoms with Gasteiger partial charge in [0.25, 0.3) is 0 Å². The van der Waals surface area contributed by atoms with Gasteiger partial charge >= 0.3 is 0 Å². The molecule has 31 heavy (non-hydrogen) atoms. The predicted octanol–water partition coefficient (Wildman–Crippen LogP) is 6.96. The lowest BCUT2D eigenvalue weighted by molar-refractivity contribution is -0.116. The van der Waals surface area contributed by atoms with Gasteiger partial charge in [-0.25, -0.2) is 0 Å². The minimum atomic E-state index is 0.196. The van der Waals surface area contributed by atoms with Gasteiger partial charge in [-0.3, -0.25) is 4.79 Å². The molecule has 1 aliphatic carbocycles. The van der Waals surface area contributed by atoms with E-state index >= 15 is 0 Å². The quantitative estimate of drug-likeness (QED) is 0.340. The normalized spacial score (nSPS) is 13.0. The topological polar surface area (TPSA) is 17.1 Å². The molecule has 4 aromatic rings. The Kier molecular flexibility index (Phi) is 5.16. The largest absolute Gasteiger partial charge is 0.294 e. The molecule has 1 saturated carbocycles. The lowest BCUT2D eigenvalue weighted by atomic mass is 9.72. The fraction of sp³-hybridized carbons (Fsp3) is 0.0333. The van der Waals surface area contributed by atoms with Crippen molar-refractivity contribution in [3.63, 3.8) is 0 Å². The molecule has 0 N–H and O–H groups in total. The van der Waals surface area contributed by atoms with E-state index in [4.69, 9.17) is 0 Å². The number of carbonyl (C=O) groups excluding carboxylic acids is 1. The summed E-state index contributed by atoms with van der Waals surface area (Å²) in [5.41, 5.74) is 8.50. The van der Waals surface area contributed by atoms with Crippen molar-refractivity contribution >= 4 is 16.9 Å². The van der Waals surface area contributed by atoms with Gasteiger partial charge < -0.3 is 0 Å². The van der Waals surface area contributed by atoms with Gasteiger partial charge in [0.1, 0.15) is 0 Å². The van der Waals surface area contributed by atoms with Gasteiger partial charge in [0.05, 0.1) is 0 Å². The molecule has 0 heterocycles. The molecule has 0 saturated heterocycles. The first kappa shape index (κ1) is 19.0. The Labute approximate surface area is 183 Å². The highest BCUT2D eigenvalue weighted by molar-refractivity contribution is 6.20. The Morgan fingerprint density at radius 3 is 1.10 bits per heavy atom. The summed E-state index contributed by atoms with van der Waals surface area (Å²) in [6.45, 7) is 0. The zero-order valence-electron chi connectivity index (χ0n) is 17.2. The van der Waals surface area contributed by atoms with Gasteiger partial charge in [-0.1, -0.05) is 121 Å². The van der Waals surface area contributed by atoms with Crippen molar-refractivity contribution in [3.8, 4) is 0 Å². The SMILES string of the molecule is O=C1CC(=C(c2ccccc2)c2ccccc2)C1=C(c1ccccc1)c1ccccc1. The predicted molar refractivity (Wildman–Crippen MR) is 127 cm³/mol. The highest BCUT2D eigenvalue weighted by Crippen LogP contribution is 2.44. The van der Waals surface area contributed by atoms with Crippen LogP contribution < -0.4 is 0 Å². The van der Waals surface area contributed by atoms with E-state index in [1.165, 1.54) is 0 Å². The molecule has 1 fully saturated rings. The standard InChI is InChI=1S/C30H22O/c31-27-21-26(28(22-13-5-1-6-14-22)23-15-7-2-8-16-23)30(27)29(24-17-9-3-10-18-24)25-19-11-4-12-20-25/h1-20H,21H2. The van der Waals surface area contributed by atoms with Crippen LogP contribution in [0, 0.1) is 0 Å². The fourth-order valence-corrected chi connectivity index (χ4v) is 4.29. The van der Waals surface area contributed by atoms with Crippen LogP contribution >= 0.6 is 0 Å². The first-order valence-electron chi connectivity index (χ1n) is 10.6. The van der Waals surface area contributed by atoms with Crippen molar-refractivity contribution < 1.29 is 4.79 Å². The summed E-state index contributed by atoms with van der Waals surface area (Å²) < 4.78 is 0. The molecule has 0 spiro atoms. The summed E-state index contributed by atoms with van der Waals surface area (Å²) in [6, 6.07) is 41.2. The number of carbonyl (C=O) groups is 1. The van der Waals surface area contributed by atoms with Crippen molar-refractivity contribution in [2.45, 2.75) is 6.42 Å². The van der Waals surface area contributed by atoms with Crippen LogP contribution in [0.4, 0.5) is 0 Å². The molecule has 0 aromatic heterocycles. The lowest BCUT2D eigenvalue weighted by Crippen LogP contribution is -2.23. The second-order valence-electron chi connectivity index (χ2n) is 7.67. The molecule has 0 bridgehead atoms. The zero-order valence-corrected chi connectivity index (χ0v) is 17.2. The second kappa shape index (κ2) is 8.41. The van der Waals surface area contributed by atoms with E-state index in [2.05, 4.69) is 72.8 Å². The van der Waals surface area contributed by atoms with Crippen LogP contribution in [0.25, 0.3) is 11.1 Å². The number of benzene rings is 4. The van der Waals surface area contributed by atoms with E-state index in [-0.39, 0.29) is 5.78 Å². The van der Waals surface area contributed by atoms with Crippen LogP contribution in [-0.2, 0) is 4.79 Å². The highest BCUT2D eigenvalue weighted by Gasteiger charge is 2.34. The summed E-state index contributed by atoms with van der Waals surface area (Å²) in [6.07, 6.45) is 0.456. The summed E-state index contributed by atoms with van der Waals surface area (Å²) in [5, 5.41) is 0. The molecule has 0 radical (unpaired) electrons. The van der Waals surface area contributed by atoms with Crippen LogP contribution in [0.2, 0.25) is 0 Å². The Bertz CT molecular complexity index is 1180. The first-order chi connectivity index (χ1) is 15.3. The summed E-state index contributed by atoms with van der Waals surface area (Å²) >= 11 is 0. The highest BCUT2D eigenvalue weighted by atomic mass is 16.1. The van der Waals surface area contributed by atoms with Crippen LogP contribution in [0.3, 0.4) is 0 Å². The Morgan fingerprint density at radius 2 is 0.774 bits per heavy atom. The molecule has 148 valence electrons. The second-order valence-corrected chi connectivity index (χ2v) is 7.67. The van der Waals surface area contributed by atoms with Crippen molar-refractivity contribution in [1.82, 2.24) is 0 Å². The molecule has 4 aromatic carbocycles. The number of hydrogen-bond acceptors (Lipinski definition) is 1. The molecule has 0 atom stereocenters. The third-order valence-electron chi connectivity index (χ3n) is 5.72. The number of allylic oxidation sites excluding steroid dienone is 2. The van der Waals surface area contributed by atoms with Crippen molar-refractivity contribution in [2.24, 2.45) is 0 Å². The average Bonchev–Trinajstić information content (AvgIpc) is 2.84. The number of rotatable bonds is 4. The van der Waals surface area contributed by atoms with E-state index in [0.717, 1.165) is 44.5 Å². The van der Waals surface area contributed by atoms with Crippen molar-refractivity contribution in [1.29, 1.82) is 0 Å². The van der Waals surface area contributed by atoms with Crippen molar-refractivity contribution in [2.75, 3.05) is 0 Å². The molecule has 0 aliphatic heterocycles. The van der Waals surface area contributed by atoms with E-state index in [1.807, 2.05) is 48.5 Å². The van der Waals surface area contributed by atoms with Gasteiger partial charge in [-0.2, -0.15) is 0 Å². The smallest absolute Gasteiger partial charge is 0.168 e. The maximum absolute atomic E-state index is 13.1. The van der Waals surface area contributed by atoms with Gasteiger partial charge in [0, 0.05) is 17.6 Å².